The van der Waals surface area contributed by atoms with Crippen molar-refractivity contribution in [2.75, 3.05) is 11.9 Å². The quantitative estimate of drug-likeness (QED) is 0.649. The van der Waals surface area contributed by atoms with Crippen molar-refractivity contribution in [3.8, 4) is 0 Å². The van der Waals surface area contributed by atoms with Crippen LogP contribution in [0.4, 0.5) is 11.4 Å². The van der Waals surface area contributed by atoms with Crippen molar-refractivity contribution < 1.29 is 9.72 Å². The first-order valence-corrected chi connectivity index (χ1v) is 5.92. The molecule has 0 saturated carbocycles. The average molecular weight is 270 g/mol. The summed E-state index contributed by atoms with van der Waals surface area (Å²) < 4.78 is 0. The van der Waals surface area contributed by atoms with Crippen LogP contribution in [0.3, 0.4) is 0 Å². The minimum absolute atomic E-state index is 0.00158. The number of carbonyl (C=O) groups excluding carboxylic acids is 1. The van der Waals surface area contributed by atoms with Gasteiger partial charge >= 0.3 is 0 Å². The molecule has 2 rings (SSSR count). The third-order valence-electron chi connectivity index (χ3n) is 2.80. The van der Waals surface area contributed by atoms with Gasteiger partial charge in [0.15, 0.2) is 0 Å². The molecule has 6 nitrogen and oxygen atoms in total. The molecule has 1 amide bonds. The molecule has 0 aromatic heterocycles. The minimum Gasteiger partial charge on any atom is -0.374 e. The highest BCUT2D eigenvalue weighted by Crippen LogP contribution is 2.32. The van der Waals surface area contributed by atoms with Crippen LogP contribution in [0, 0.1) is 10.1 Å². The van der Waals surface area contributed by atoms with Crippen molar-refractivity contribution >= 4 is 28.9 Å². The number of para-hydroxylation sites is 1. The van der Waals surface area contributed by atoms with Gasteiger partial charge in [-0.3, -0.25) is 14.9 Å². The van der Waals surface area contributed by atoms with Crippen LogP contribution in [0.25, 0.3) is 0 Å². The Balaban J connectivity index is 2.18. The fourth-order valence-electron chi connectivity index (χ4n) is 1.87. The monoisotopic (exact) mass is 269 g/mol. The van der Waals surface area contributed by atoms with Gasteiger partial charge in [0.05, 0.1) is 9.95 Å². The van der Waals surface area contributed by atoms with Crippen molar-refractivity contribution in [1.29, 1.82) is 0 Å². The second kappa shape index (κ2) is 5.22. The summed E-state index contributed by atoms with van der Waals surface area (Å²) in [5.41, 5.74) is 0.254. The number of anilines is 1. The van der Waals surface area contributed by atoms with Crippen LogP contribution in [0.1, 0.15) is 12.8 Å². The van der Waals surface area contributed by atoms with Crippen LogP contribution in [0.15, 0.2) is 18.2 Å². The number of hydrogen-bond acceptors (Lipinski definition) is 4. The molecule has 1 saturated heterocycles. The van der Waals surface area contributed by atoms with Gasteiger partial charge in [0, 0.05) is 25.1 Å². The van der Waals surface area contributed by atoms with E-state index in [4.69, 9.17) is 11.6 Å². The highest BCUT2D eigenvalue weighted by molar-refractivity contribution is 6.33. The van der Waals surface area contributed by atoms with E-state index in [9.17, 15) is 14.9 Å². The van der Waals surface area contributed by atoms with Crippen LogP contribution in [0.5, 0.6) is 0 Å². The summed E-state index contributed by atoms with van der Waals surface area (Å²) in [6.07, 6.45) is 1.05. The first-order valence-electron chi connectivity index (χ1n) is 5.54. The second-order valence-electron chi connectivity index (χ2n) is 4.08. The Morgan fingerprint density at radius 1 is 1.50 bits per heavy atom. The van der Waals surface area contributed by atoms with Crippen molar-refractivity contribution in [2.45, 2.75) is 18.9 Å². The van der Waals surface area contributed by atoms with E-state index in [0.717, 1.165) is 0 Å². The van der Waals surface area contributed by atoms with E-state index < -0.39 is 4.92 Å². The van der Waals surface area contributed by atoms with Crippen LogP contribution in [-0.2, 0) is 4.79 Å². The fraction of sp³-hybridized carbons (Fsp3) is 0.364. The zero-order valence-corrected chi connectivity index (χ0v) is 10.2. The third-order valence-corrected chi connectivity index (χ3v) is 3.12. The van der Waals surface area contributed by atoms with Gasteiger partial charge < -0.3 is 10.6 Å². The molecule has 1 atom stereocenters. The third kappa shape index (κ3) is 2.70. The molecule has 1 aromatic carbocycles. The number of nitrogens with zero attached hydrogens (tertiary/aromatic N) is 1. The number of benzene rings is 1. The molecule has 7 heteroatoms. The molecule has 1 aliphatic heterocycles. The van der Waals surface area contributed by atoms with Crippen LogP contribution in [0.2, 0.25) is 5.02 Å². The van der Waals surface area contributed by atoms with Crippen molar-refractivity contribution in [3.05, 3.63) is 33.3 Å². The molecule has 1 fully saturated rings. The Labute approximate surface area is 108 Å². The lowest BCUT2D eigenvalue weighted by Gasteiger charge is -2.24. The Bertz CT molecular complexity index is 482. The number of nitro benzene ring substituents is 1. The molecule has 1 unspecified atom stereocenters. The normalized spacial score (nSPS) is 19.2. The maximum atomic E-state index is 11.0. The second-order valence-corrected chi connectivity index (χ2v) is 4.48. The van der Waals surface area contributed by atoms with Crippen molar-refractivity contribution in [1.82, 2.24) is 5.32 Å². The number of halogens is 1. The number of nitro groups is 1. The minimum atomic E-state index is -0.477. The first kappa shape index (κ1) is 12.6. The zero-order chi connectivity index (χ0) is 13.1. The predicted molar refractivity (Wildman–Crippen MR) is 67.8 cm³/mol. The summed E-state index contributed by atoms with van der Waals surface area (Å²) in [6.45, 7) is 0.446. The molecular weight excluding hydrogens is 258 g/mol. The molecule has 1 heterocycles. The Hall–Kier alpha value is -1.82. The molecule has 2 N–H and O–H groups in total. The van der Waals surface area contributed by atoms with E-state index >= 15 is 0 Å². The number of amides is 1. The molecule has 0 spiro atoms. The molecule has 96 valence electrons. The van der Waals surface area contributed by atoms with E-state index in [2.05, 4.69) is 10.6 Å². The van der Waals surface area contributed by atoms with Crippen LogP contribution >= 0.6 is 11.6 Å². The van der Waals surface area contributed by atoms with E-state index in [1.165, 1.54) is 12.1 Å². The number of carbonyl (C=O) groups is 1. The van der Waals surface area contributed by atoms with E-state index in [0.29, 0.717) is 30.1 Å². The summed E-state index contributed by atoms with van der Waals surface area (Å²) in [5.74, 6) is 0.00158. The summed E-state index contributed by atoms with van der Waals surface area (Å²) in [6, 6.07) is 4.49. The molecule has 0 radical (unpaired) electrons. The van der Waals surface area contributed by atoms with Gasteiger partial charge in [0.1, 0.15) is 5.69 Å². The molecule has 0 bridgehead atoms. The predicted octanol–water partition coefficient (Wildman–Crippen LogP) is 1.94. The highest BCUT2D eigenvalue weighted by atomic mass is 35.5. The van der Waals surface area contributed by atoms with E-state index in [1.807, 2.05) is 0 Å². The van der Waals surface area contributed by atoms with Gasteiger partial charge in [-0.05, 0) is 12.5 Å². The summed E-state index contributed by atoms with van der Waals surface area (Å²) in [7, 11) is 0. The lowest BCUT2D eigenvalue weighted by atomic mass is 10.1. The summed E-state index contributed by atoms with van der Waals surface area (Å²) in [5, 5.41) is 16.9. The van der Waals surface area contributed by atoms with Gasteiger partial charge in [0.25, 0.3) is 5.69 Å². The van der Waals surface area contributed by atoms with Gasteiger partial charge in [-0.2, -0.15) is 0 Å². The van der Waals surface area contributed by atoms with Gasteiger partial charge in [-0.1, -0.05) is 17.7 Å². The molecular formula is C11H12ClN3O3. The number of nitrogens with one attached hydrogen (secondary N) is 2. The number of rotatable bonds is 3. The molecule has 18 heavy (non-hydrogen) atoms. The molecule has 0 aliphatic carbocycles. The van der Waals surface area contributed by atoms with Crippen LogP contribution in [-0.4, -0.2) is 23.4 Å². The van der Waals surface area contributed by atoms with Gasteiger partial charge in [-0.25, -0.2) is 0 Å². The lowest BCUT2D eigenvalue weighted by molar-refractivity contribution is -0.384. The maximum absolute atomic E-state index is 11.0. The van der Waals surface area contributed by atoms with E-state index in [-0.39, 0.29) is 17.6 Å². The van der Waals surface area contributed by atoms with Crippen molar-refractivity contribution in [3.63, 3.8) is 0 Å². The van der Waals surface area contributed by atoms with E-state index in [1.54, 1.807) is 6.07 Å². The van der Waals surface area contributed by atoms with Crippen molar-refractivity contribution in [2.24, 2.45) is 0 Å². The molecule has 1 aliphatic rings. The fourth-order valence-corrected chi connectivity index (χ4v) is 2.09. The smallest absolute Gasteiger partial charge is 0.293 e. The lowest BCUT2D eigenvalue weighted by Crippen LogP contribution is -2.42. The summed E-state index contributed by atoms with van der Waals surface area (Å²) in [4.78, 5) is 21.5. The zero-order valence-electron chi connectivity index (χ0n) is 9.48. The standard InChI is InChI=1S/C11H12ClN3O3/c12-8-2-1-3-9(15(17)18)11(8)14-7-4-5-10(16)13-6-7/h1-3,7,14H,4-6H2,(H,13,16). The largest absolute Gasteiger partial charge is 0.374 e. The van der Waals surface area contributed by atoms with Gasteiger partial charge in [-0.15, -0.1) is 0 Å². The average Bonchev–Trinajstić information content (AvgIpc) is 2.34. The number of piperidine rings is 1. The maximum Gasteiger partial charge on any atom is 0.293 e. The SMILES string of the molecule is O=C1CCC(Nc2c(Cl)cccc2[N+](=O)[O-])CN1. The summed E-state index contributed by atoms with van der Waals surface area (Å²) >= 11 is 5.97. The number of hydrogen-bond donors (Lipinski definition) is 2. The Morgan fingerprint density at radius 3 is 2.89 bits per heavy atom. The topological polar surface area (TPSA) is 84.3 Å². The highest BCUT2D eigenvalue weighted by Gasteiger charge is 2.23. The van der Waals surface area contributed by atoms with Crippen LogP contribution < -0.4 is 10.6 Å². The first-order chi connectivity index (χ1) is 8.58. The van der Waals surface area contributed by atoms with Gasteiger partial charge in [0.2, 0.25) is 5.91 Å². The Kier molecular flexibility index (Phi) is 3.66. The molecule has 1 aromatic rings. The Morgan fingerprint density at radius 2 is 2.28 bits per heavy atom.